The third-order valence-corrected chi connectivity index (χ3v) is 4.19. The Morgan fingerprint density at radius 3 is 2.62 bits per heavy atom. The Kier molecular flexibility index (Phi) is 5.62. The number of hydrogen-bond acceptors (Lipinski definition) is 4. The molecule has 2 aromatic heterocycles. The van der Waals surface area contributed by atoms with Gasteiger partial charge in [0.05, 0.1) is 13.1 Å². The number of likely N-dealkylation sites (N-methyl/N-ethyl adjacent to an activating group) is 1. The number of nitrogens with zero attached hydrogens (tertiary/aromatic N) is 1. The highest BCUT2D eigenvalue weighted by Crippen LogP contribution is 2.13. The summed E-state index contributed by atoms with van der Waals surface area (Å²) in [4.78, 5) is 3.75. The van der Waals surface area contributed by atoms with Crippen LogP contribution in [-0.4, -0.2) is 24.0 Å². The molecule has 116 valence electrons. The molecule has 0 saturated heterocycles. The molecule has 0 fully saturated rings. The fourth-order valence-corrected chi connectivity index (χ4v) is 2.75. The van der Waals surface area contributed by atoms with E-state index in [9.17, 15) is 0 Å². The molecule has 0 radical (unpaired) electrons. The maximum absolute atomic E-state index is 5.89. The van der Waals surface area contributed by atoms with Crippen LogP contribution < -0.4 is 5.32 Å². The van der Waals surface area contributed by atoms with Crippen LogP contribution in [0.3, 0.4) is 0 Å². The summed E-state index contributed by atoms with van der Waals surface area (Å²) in [6.07, 6.45) is 1.10. The number of nitrogens with one attached hydrogen (secondary N) is 1. The van der Waals surface area contributed by atoms with Gasteiger partial charge in [0.2, 0.25) is 0 Å². The van der Waals surface area contributed by atoms with Crippen LogP contribution in [0.2, 0.25) is 0 Å². The maximum atomic E-state index is 5.89. The minimum atomic E-state index is 0.116. The van der Waals surface area contributed by atoms with Gasteiger partial charge in [0, 0.05) is 17.0 Å². The van der Waals surface area contributed by atoms with E-state index in [4.69, 9.17) is 4.42 Å². The van der Waals surface area contributed by atoms with Gasteiger partial charge < -0.3 is 9.73 Å². The van der Waals surface area contributed by atoms with Gasteiger partial charge in [-0.1, -0.05) is 6.07 Å². The Balaban J connectivity index is 1.76. The molecule has 0 amide bonds. The monoisotopic (exact) mass is 306 g/mol. The lowest BCUT2D eigenvalue weighted by Crippen LogP contribution is -2.34. The maximum Gasteiger partial charge on any atom is 0.118 e. The summed E-state index contributed by atoms with van der Waals surface area (Å²) in [5, 5.41) is 5.58. The average Bonchev–Trinajstić information content (AvgIpc) is 3.04. The zero-order chi connectivity index (χ0) is 15.3. The summed E-state index contributed by atoms with van der Waals surface area (Å²) in [6.45, 7) is 9.18. The SMILES string of the molecule is CN(CCc1cccs1)Cc1ccc(CNC(C)(C)C)o1. The molecule has 0 aliphatic carbocycles. The molecule has 0 aliphatic heterocycles. The quantitative estimate of drug-likeness (QED) is 0.841. The van der Waals surface area contributed by atoms with Crippen molar-refractivity contribution in [2.75, 3.05) is 13.6 Å². The van der Waals surface area contributed by atoms with Crippen molar-refractivity contribution in [2.24, 2.45) is 0 Å². The molecular formula is C17H26N2OS. The zero-order valence-electron chi connectivity index (χ0n) is 13.5. The summed E-state index contributed by atoms with van der Waals surface area (Å²) < 4.78 is 5.89. The van der Waals surface area contributed by atoms with E-state index in [1.54, 1.807) is 0 Å². The Bertz CT molecular complexity index is 525. The number of thiophene rings is 1. The van der Waals surface area contributed by atoms with E-state index < -0.39 is 0 Å². The molecule has 1 N–H and O–H groups in total. The van der Waals surface area contributed by atoms with Crippen molar-refractivity contribution < 1.29 is 4.42 Å². The van der Waals surface area contributed by atoms with Gasteiger partial charge in [0.1, 0.15) is 11.5 Å². The normalized spacial score (nSPS) is 12.2. The van der Waals surface area contributed by atoms with Crippen molar-refractivity contribution in [3.05, 3.63) is 46.0 Å². The first-order chi connectivity index (χ1) is 9.92. The lowest BCUT2D eigenvalue weighted by atomic mass is 10.1. The van der Waals surface area contributed by atoms with Crippen molar-refractivity contribution >= 4 is 11.3 Å². The van der Waals surface area contributed by atoms with E-state index in [0.29, 0.717) is 0 Å². The molecule has 0 aromatic carbocycles. The van der Waals surface area contributed by atoms with Crippen molar-refractivity contribution in [1.82, 2.24) is 10.2 Å². The second-order valence-corrected chi connectivity index (χ2v) is 7.57. The Labute approximate surface area is 132 Å². The Morgan fingerprint density at radius 1 is 1.19 bits per heavy atom. The fraction of sp³-hybridized carbons (Fsp3) is 0.529. The first-order valence-corrected chi connectivity index (χ1v) is 8.34. The second-order valence-electron chi connectivity index (χ2n) is 6.54. The third-order valence-electron chi connectivity index (χ3n) is 3.26. The molecule has 0 aliphatic rings. The predicted octanol–water partition coefficient (Wildman–Crippen LogP) is 3.90. The first-order valence-electron chi connectivity index (χ1n) is 7.46. The third kappa shape index (κ3) is 6.04. The summed E-state index contributed by atoms with van der Waals surface area (Å²) in [5.74, 6) is 2.04. The van der Waals surface area contributed by atoms with Crippen LogP contribution in [0.15, 0.2) is 34.1 Å². The number of furan rings is 1. The van der Waals surface area contributed by atoms with E-state index in [0.717, 1.165) is 37.6 Å². The molecule has 2 rings (SSSR count). The smallest absolute Gasteiger partial charge is 0.118 e. The topological polar surface area (TPSA) is 28.4 Å². The molecule has 0 bridgehead atoms. The van der Waals surface area contributed by atoms with Crippen LogP contribution in [0, 0.1) is 0 Å². The highest BCUT2D eigenvalue weighted by Gasteiger charge is 2.11. The molecule has 0 saturated carbocycles. The summed E-state index contributed by atoms with van der Waals surface area (Å²) in [6, 6.07) is 8.46. The van der Waals surface area contributed by atoms with Crippen LogP contribution in [0.25, 0.3) is 0 Å². The van der Waals surface area contributed by atoms with Crippen LogP contribution in [0.1, 0.15) is 37.2 Å². The van der Waals surface area contributed by atoms with Gasteiger partial charge in [-0.3, -0.25) is 4.90 Å². The number of hydrogen-bond donors (Lipinski definition) is 1. The van der Waals surface area contributed by atoms with Crippen molar-refractivity contribution in [3.63, 3.8) is 0 Å². The zero-order valence-corrected chi connectivity index (χ0v) is 14.3. The van der Waals surface area contributed by atoms with E-state index in [1.807, 2.05) is 11.3 Å². The van der Waals surface area contributed by atoms with Gasteiger partial charge in [-0.05, 0) is 57.8 Å². The highest BCUT2D eigenvalue weighted by molar-refractivity contribution is 7.09. The Morgan fingerprint density at radius 2 is 1.95 bits per heavy atom. The molecule has 4 heteroatoms. The Hall–Kier alpha value is -1.10. The standard InChI is InChI=1S/C17H26N2OS/c1-17(2,3)18-12-14-7-8-15(20-14)13-19(4)10-9-16-6-5-11-21-16/h5-8,11,18H,9-10,12-13H2,1-4H3. The van der Waals surface area contributed by atoms with Gasteiger partial charge in [-0.15, -0.1) is 11.3 Å². The number of rotatable bonds is 7. The van der Waals surface area contributed by atoms with Crippen molar-refractivity contribution in [3.8, 4) is 0 Å². The van der Waals surface area contributed by atoms with Crippen LogP contribution in [-0.2, 0) is 19.5 Å². The van der Waals surface area contributed by atoms with E-state index in [-0.39, 0.29) is 5.54 Å². The molecule has 0 atom stereocenters. The minimum absolute atomic E-state index is 0.116. The molecule has 2 aromatic rings. The first kappa shape index (κ1) is 16.3. The minimum Gasteiger partial charge on any atom is -0.463 e. The molecule has 21 heavy (non-hydrogen) atoms. The predicted molar refractivity (Wildman–Crippen MR) is 89.7 cm³/mol. The van der Waals surface area contributed by atoms with Crippen LogP contribution in [0.4, 0.5) is 0 Å². The van der Waals surface area contributed by atoms with Crippen LogP contribution in [0.5, 0.6) is 0 Å². The van der Waals surface area contributed by atoms with Gasteiger partial charge in [-0.25, -0.2) is 0 Å². The van der Waals surface area contributed by atoms with Gasteiger partial charge >= 0.3 is 0 Å². The molecular weight excluding hydrogens is 280 g/mol. The van der Waals surface area contributed by atoms with Crippen LogP contribution >= 0.6 is 11.3 Å². The van der Waals surface area contributed by atoms with Crippen molar-refractivity contribution in [2.45, 2.75) is 45.8 Å². The highest BCUT2D eigenvalue weighted by atomic mass is 32.1. The summed E-state index contributed by atoms with van der Waals surface area (Å²) in [7, 11) is 2.14. The van der Waals surface area contributed by atoms with E-state index in [2.05, 4.69) is 67.7 Å². The summed E-state index contributed by atoms with van der Waals surface area (Å²) >= 11 is 1.83. The fourth-order valence-electron chi connectivity index (χ4n) is 2.06. The lowest BCUT2D eigenvalue weighted by molar-refractivity contribution is 0.290. The lowest BCUT2D eigenvalue weighted by Gasteiger charge is -2.19. The van der Waals surface area contributed by atoms with Gasteiger partial charge in [0.15, 0.2) is 0 Å². The van der Waals surface area contributed by atoms with E-state index >= 15 is 0 Å². The van der Waals surface area contributed by atoms with E-state index in [1.165, 1.54) is 4.88 Å². The average molecular weight is 306 g/mol. The van der Waals surface area contributed by atoms with Gasteiger partial charge in [0.25, 0.3) is 0 Å². The molecule has 0 unspecified atom stereocenters. The van der Waals surface area contributed by atoms with Crippen molar-refractivity contribution in [1.29, 1.82) is 0 Å². The summed E-state index contributed by atoms with van der Waals surface area (Å²) in [5.41, 5.74) is 0.116. The van der Waals surface area contributed by atoms with Gasteiger partial charge in [-0.2, -0.15) is 0 Å². The molecule has 2 heterocycles. The largest absolute Gasteiger partial charge is 0.463 e. The molecule has 0 spiro atoms. The second kappa shape index (κ2) is 7.25. The molecule has 3 nitrogen and oxygen atoms in total.